The van der Waals surface area contributed by atoms with Gasteiger partial charge >= 0.3 is 5.97 Å². The summed E-state index contributed by atoms with van der Waals surface area (Å²) in [6.07, 6.45) is 0.617. The standard InChI is InChI=1S/C7H7NO3/c1-8-5(4-9)2-3-6(8)7(10)11/h2-4H,1H3,(H,10,11). The maximum absolute atomic E-state index is 10.4. The molecule has 1 aromatic rings. The molecule has 0 aromatic carbocycles. The summed E-state index contributed by atoms with van der Waals surface area (Å²) in [6, 6.07) is 2.86. The van der Waals surface area contributed by atoms with Gasteiger partial charge in [-0.15, -0.1) is 0 Å². The lowest BCUT2D eigenvalue weighted by molar-refractivity contribution is 0.0686. The summed E-state index contributed by atoms with van der Waals surface area (Å²) in [5.74, 6) is -1.03. The Morgan fingerprint density at radius 2 is 2.27 bits per heavy atom. The number of aromatic nitrogens is 1. The highest BCUT2D eigenvalue weighted by Crippen LogP contribution is 2.04. The van der Waals surface area contributed by atoms with Gasteiger partial charge in [-0.1, -0.05) is 0 Å². The van der Waals surface area contributed by atoms with Crippen LogP contribution in [0.3, 0.4) is 0 Å². The minimum absolute atomic E-state index is 0.118. The van der Waals surface area contributed by atoms with Crippen LogP contribution in [0.15, 0.2) is 12.1 Å². The zero-order valence-corrected chi connectivity index (χ0v) is 5.94. The summed E-state index contributed by atoms with van der Waals surface area (Å²) in [4.78, 5) is 20.7. The van der Waals surface area contributed by atoms with Gasteiger partial charge in [0.05, 0.1) is 5.69 Å². The van der Waals surface area contributed by atoms with E-state index in [1.54, 1.807) is 0 Å². The van der Waals surface area contributed by atoms with Crippen molar-refractivity contribution in [2.45, 2.75) is 0 Å². The van der Waals surface area contributed by atoms with Crippen molar-refractivity contribution in [3.63, 3.8) is 0 Å². The van der Waals surface area contributed by atoms with Crippen molar-refractivity contribution in [1.82, 2.24) is 4.57 Å². The Hall–Kier alpha value is -1.58. The number of aromatic carboxylic acids is 1. The van der Waals surface area contributed by atoms with Crippen molar-refractivity contribution >= 4 is 12.3 Å². The first kappa shape index (κ1) is 7.53. The van der Waals surface area contributed by atoms with Crippen molar-refractivity contribution < 1.29 is 14.7 Å². The van der Waals surface area contributed by atoms with E-state index in [1.807, 2.05) is 0 Å². The first-order valence-electron chi connectivity index (χ1n) is 3.01. The van der Waals surface area contributed by atoms with Crippen LogP contribution in [0.4, 0.5) is 0 Å². The molecule has 0 amide bonds. The predicted molar refractivity (Wildman–Crippen MR) is 37.8 cm³/mol. The van der Waals surface area contributed by atoms with Gasteiger partial charge in [-0.3, -0.25) is 4.79 Å². The zero-order valence-electron chi connectivity index (χ0n) is 5.94. The SMILES string of the molecule is Cn1c(C=O)ccc1C(=O)O. The van der Waals surface area contributed by atoms with Crippen molar-refractivity contribution in [3.8, 4) is 0 Å². The van der Waals surface area contributed by atoms with Gasteiger partial charge in [0.1, 0.15) is 5.69 Å². The van der Waals surface area contributed by atoms with Gasteiger partial charge in [0.25, 0.3) is 0 Å². The molecule has 1 N–H and O–H groups in total. The molecule has 4 nitrogen and oxygen atoms in total. The number of carbonyl (C=O) groups excluding carboxylic acids is 1. The maximum Gasteiger partial charge on any atom is 0.352 e. The molecule has 58 valence electrons. The molecule has 1 heterocycles. The van der Waals surface area contributed by atoms with Crippen LogP contribution in [0, 0.1) is 0 Å². The molecule has 0 unspecified atom stereocenters. The number of hydrogen-bond donors (Lipinski definition) is 1. The van der Waals surface area contributed by atoms with E-state index in [4.69, 9.17) is 5.11 Å². The summed E-state index contributed by atoms with van der Waals surface area (Å²) >= 11 is 0. The molecule has 0 radical (unpaired) electrons. The molecule has 0 aliphatic carbocycles. The highest BCUT2D eigenvalue weighted by Gasteiger charge is 2.09. The average molecular weight is 153 g/mol. The molecule has 0 atom stereocenters. The van der Waals surface area contributed by atoms with E-state index >= 15 is 0 Å². The molecule has 11 heavy (non-hydrogen) atoms. The quantitative estimate of drug-likeness (QED) is 0.630. The van der Waals surface area contributed by atoms with Gasteiger partial charge in [-0.05, 0) is 12.1 Å². The van der Waals surface area contributed by atoms with Crippen LogP contribution in [0.25, 0.3) is 0 Å². The lowest BCUT2D eigenvalue weighted by Crippen LogP contribution is -2.06. The van der Waals surface area contributed by atoms with E-state index in [9.17, 15) is 9.59 Å². The fourth-order valence-corrected chi connectivity index (χ4v) is 0.860. The number of carboxylic acids is 1. The summed E-state index contributed by atoms with van der Waals surface area (Å²) in [7, 11) is 1.53. The maximum atomic E-state index is 10.4. The summed E-state index contributed by atoms with van der Waals surface area (Å²) < 4.78 is 1.33. The smallest absolute Gasteiger partial charge is 0.352 e. The van der Waals surface area contributed by atoms with Gasteiger partial charge < -0.3 is 9.67 Å². The van der Waals surface area contributed by atoms with Crippen molar-refractivity contribution in [2.24, 2.45) is 7.05 Å². The second-order valence-electron chi connectivity index (χ2n) is 2.13. The molecule has 0 saturated carbocycles. The molecular formula is C7H7NO3. The van der Waals surface area contributed by atoms with E-state index in [-0.39, 0.29) is 5.69 Å². The van der Waals surface area contributed by atoms with E-state index in [0.29, 0.717) is 12.0 Å². The van der Waals surface area contributed by atoms with Gasteiger partial charge in [0.2, 0.25) is 0 Å². The summed E-state index contributed by atoms with van der Waals surface area (Å²) in [5, 5.41) is 8.54. The third-order valence-corrected chi connectivity index (χ3v) is 1.50. The molecule has 0 aliphatic heterocycles. The molecule has 0 fully saturated rings. The van der Waals surface area contributed by atoms with Crippen molar-refractivity contribution in [3.05, 3.63) is 23.5 Å². The van der Waals surface area contributed by atoms with Crippen LogP contribution in [-0.2, 0) is 7.05 Å². The molecule has 0 spiro atoms. The Balaban J connectivity index is 3.20. The second-order valence-corrected chi connectivity index (χ2v) is 2.13. The third-order valence-electron chi connectivity index (χ3n) is 1.50. The van der Waals surface area contributed by atoms with Crippen LogP contribution >= 0.6 is 0 Å². The van der Waals surface area contributed by atoms with Crippen LogP contribution in [0.5, 0.6) is 0 Å². The predicted octanol–water partition coefficient (Wildman–Crippen LogP) is 0.536. The Morgan fingerprint density at radius 1 is 1.64 bits per heavy atom. The molecule has 1 rings (SSSR count). The summed E-state index contributed by atoms with van der Waals surface area (Å²) in [5.41, 5.74) is 0.481. The van der Waals surface area contributed by atoms with Gasteiger partial charge in [0.15, 0.2) is 6.29 Å². The Labute approximate surface area is 63.1 Å². The van der Waals surface area contributed by atoms with Crippen LogP contribution < -0.4 is 0 Å². The molecule has 0 bridgehead atoms. The lowest BCUT2D eigenvalue weighted by atomic mass is 10.4. The normalized spacial score (nSPS) is 9.55. The van der Waals surface area contributed by atoms with Crippen LogP contribution in [-0.4, -0.2) is 21.9 Å². The zero-order chi connectivity index (χ0) is 8.43. The molecule has 0 aliphatic rings. The number of carboxylic acid groups (broad SMARTS) is 1. The highest BCUT2D eigenvalue weighted by molar-refractivity contribution is 5.88. The fraction of sp³-hybridized carbons (Fsp3) is 0.143. The molecular weight excluding hydrogens is 146 g/mol. The summed E-state index contributed by atoms with van der Waals surface area (Å²) in [6.45, 7) is 0. The molecule has 0 saturated heterocycles. The number of nitrogens with zero attached hydrogens (tertiary/aromatic N) is 1. The minimum Gasteiger partial charge on any atom is -0.477 e. The number of hydrogen-bond acceptors (Lipinski definition) is 2. The third kappa shape index (κ3) is 1.14. The van der Waals surface area contributed by atoms with E-state index < -0.39 is 5.97 Å². The Kier molecular flexibility index (Phi) is 1.76. The Morgan fingerprint density at radius 3 is 2.55 bits per heavy atom. The van der Waals surface area contributed by atoms with Gasteiger partial charge in [-0.25, -0.2) is 4.79 Å². The molecule has 1 aromatic heterocycles. The largest absolute Gasteiger partial charge is 0.477 e. The van der Waals surface area contributed by atoms with E-state index in [2.05, 4.69) is 0 Å². The van der Waals surface area contributed by atoms with E-state index in [0.717, 1.165) is 0 Å². The monoisotopic (exact) mass is 153 g/mol. The highest BCUT2D eigenvalue weighted by atomic mass is 16.4. The first-order chi connectivity index (χ1) is 5.16. The van der Waals surface area contributed by atoms with Crippen LogP contribution in [0.1, 0.15) is 21.0 Å². The first-order valence-corrected chi connectivity index (χ1v) is 3.01. The minimum atomic E-state index is -1.03. The van der Waals surface area contributed by atoms with Crippen LogP contribution in [0.2, 0.25) is 0 Å². The number of aldehydes is 1. The van der Waals surface area contributed by atoms with Crippen molar-refractivity contribution in [1.29, 1.82) is 0 Å². The van der Waals surface area contributed by atoms with Crippen molar-refractivity contribution in [2.75, 3.05) is 0 Å². The lowest BCUT2D eigenvalue weighted by Gasteiger charge is -1.97. The van der Waals surface area contributed by atoms with E-state index in [1.165, 1.54) is 23.7 Å². The second kappa shape index (κ2) is 2.57. The average Bonchev–Trinajstić information content (AvgIpc) is 2.30. The fourth-order valence-electron chi connectivity index (χ4n) is 0.860. The van der Waals surface area contributed by atoms with Gasteiger partial charge in [0, 0.05) is 7.05 Å². The Bertz CT molecular complexity index is 301. The van der Waals surface area contributed by atoms with Gasteiger partial charge in [-0.2, -0.15) is 0 Å². The number of rotatable bonds is 2. The molecule has 4 heteroatoms. The topological polar surface area (TPSA) is 59.3 Å². The number of carbonyl (C=O) groups is 2.